The van der Waals surface area contributed by atoms with Crippen LogP contribution < -0.4 is 4.74 Å². The zero-order valence-corrected chi connectivity index (χ0v) is 20.3. The van der Waals surface area contributed by atoms with E-state index in [-0.39, 0.29) is 5.91 Å². The molecule has 2 fully saturated rings. The molecule has 35 heavy (non-hydrogen) atoms. The molecular weight excluding hydrogens is 440 g/mol. The molecular formula is C27H32N6O2. The molecule has 6 rings (SSSR count). The molecule has 1 unspecified atom stereocenters. The van der Waals surface area contributed by atoms with Crippen LogP contribution in [0.1, 0.15) is 49.0 Å². The third-order valence-corrected chi connectivity index (χ3v) is 7.96. The third-order valence-electron chi connectivity index (χ3n) is 7.96. The van der Waals surface area contributed by atoms with Crippen LogP contribution in [-0.4, -0.2) is 68.5 Å². The van der Waals surface area contributed by atoms with E-state index in [0.717, 1.165) is 62.6 Å². The Morgan fingerprint density at radius 2 is 1.91 bits per heavy atom. The summed E-state index contributed by atoms with van der Waals surface area (Å²) in [5, 5.41) is 8.52. The fraction of sp³-hybridized carbons (Fsp3) is 0.481. The first-order chi connectivity index (χ1) is 17.1. The van der Waals surface area contributed by atoms with Crippen molar-refractivity contribution in [1.29, 1.82) is 0 Å². The molecule has 1 spiro atoms. The number of fused-ring (bicyclic) bond motifs is 1. The monoisotopic (exact) mass is 472 g/mol. The average Bonchev–Trinajstić information content (AvgIpc) is 3.54. The molecule has 0 radical (unpaired) electrons. The lowest BCUT2D eigenvalue weighted by Gasteiger charge is -2.56. The van der Waals surface area contributed by atoms with Crippen molar-refractivity contribution in [2.45, 2.75) is 45.1 Å². The highest BCUT2D eigenvalue weighted by molar-refractivity contribution is 5.78. The van der Waals surface area contributed by atoms with Gasteiger partial charge in [0.1, 0.15) is 5.75 Å². The van der Waals surface area contributed by atoms with Crippen LogP contribution in [0.15, 0.2) is 48.9 Å². The third kappa shape index (κ3) is 4.31. The van der Waals surface area contributed by atoms with Crippen LogP contribution in [0, 0.1) is 5.41 Å². The summed E-state index contributed by atoms with van der Waals surface area (Å²) < 4.78 is 5.44. The Bertz CT molecular complexity index is 1180. The molecule has 2 aromatic heterocycles. The molecule has 8 nitrogen and oxygen atoms in total. The van der Waals surface area contributed by atoms with Gasteiger partial charge in [-0.3, -0.25) is 14.7 Å². The number of piperidine rings is 1. The predicted octanol–water partition coefficient (Wildman–Crippen LogP) is 3.22. The zero-order valence-electron chi connectivity index (χ0n) is 20.3. The van der Waals surface area contributed by atoms with Crippen LogP contribution in [0.3, 0.4) is 0 Å². The molecule has 1 aromatic carbocycles. The second kappa shape index (κ2) is 9.07. The van der Waals surface area contributed by atoms with E-state index < -0.39 is 0 Å². The van der Waals surface area contributed by atoms with Gasteiger partial charge in [0.2, 0.25) is 5.91 Å². The maximum Gasteiger partial charge on any atom is 0.228 e. The normalized spacial score (nSPS) is 21.1. The molecule has 3 aliphatic rings. The smallest absolute Gasteiger partial charge is 0.228 e. The van der Waals surface area contributed by atoms with Gasteiger partial charge in [0.15, 0.2) is 0 Å². The molecule has 4 heterocycles. The van der Waals surface area contributed by atoms with E-state index in [1.165, 1.54) is 17.5 Å². The van der Waals surface area contributed by atoms with Gasteiger partial charge in [0.05, 0.1) is 37.3 Å². The first kappa shape index (κ1) is 22.2. The van der Waals surface area contributed by atoms with Gasteiger partial charge >= 0.3 is 0 Å². The van der Waals surface area contributed by atoms with E-state index in [1.807, 2.05) is 24.0 Å². The van der Waals surface area contributed by atoms with Gasteiger partial charge in [-0.2, -0.15) is 15.0 Å². The largest absolute Gasteiger partial charge is 0.492 e. The molecule has 182 valence electrons. The standard InChI is InChI=1S/C27H32N6O2/c1-2-35-23-6-4-21(28-17-23)16-26(34)31-13-9-27(10-14-31)18-32(19-27)25-8-3-20-15-22(5-7-24(20)25)33-29-11-12-30-33/h4-7,11-12,15,17,25H,2-3,8-10,13-14,16,18-19H2,1H3. The van der Waals surface area contributed by atoms with Crippen LogP contribution in [-0.2, 0) is 17.6 Å². The lowest BCUT2D eigenvalue weighted by molar-refractivity contribution is -0.136. The number of hydrogen-bond acceptors (Lipinski definition) is 6. The van der Waals surface area contributed by atoms with Crippen molar-refractivity contribution in [1.82, 2.24) is 29.8 Å². The number of rotatable bonds is 6. The van der Waals surface area contributed by atoms with Crippen molar-refractivity contribution in [3.8, 4) is 11.4 Å². The van der Waals surface area contributed by atoms with Gasteiger partial charge in [-0.1, -0.05) is 6.07 Å². The zero-order chi connectivity index (χ0) is 23.8. The minimum absolute atomic E-state index is 0.180. The maximum absolute atomic E-state index is 12.9. The molecule has 0 N–H and O–H groups in total. The second-order valence-electron chi connectivity index (χ2n) is 10.1. The number of benzene rings is 1. The number of aryl methyl sites for hydroxylation is 1. The number of amides is 1. The Hall–Kier alpha value is -3.26. The molecule has 2 aliphatic heterocycles. The van der Waals surface area contributed by atoms with Gasteiger partial charge < -0.3 is 9.64 Å². The quantitative estimate of drug-likeness (QED) is 0.548. The van der Waals surface area contributed by atoms with E-state index >= 15 is 0 Å². The number of carbonyl (C=O) groups is 1. The highest BCUT2D eigenvalue weighted by Crippen LogP contribution is 2.47. The number of carbonyl (C=O) groups excluding carboxylic acids is 1. The molecule has 1 amide bonds. The molecule has 0 bridgehead atoms. The summed E-state index contributed by atoms with van der Waals surface area (Å²) in [7, 11) is 0. The summed E-state index contributed by atoms with van der Waals surface area (Å²) >= 11 is 0. The highest BCUT2D eigenvalue weighted by atomic mass is 16.5. The summed E-state index contributed by atoms with van der Waals surface area (Å²) in [5.41, 5.74) is 5.10. The van der Waals surface area contributed by atoms with Crippen molar-refractivity contribution < 1.29 is 9.53 Å². The average molecular weight is 473 g/mol. The summed E-state index contributed by atoms with van der Waals surface area (Å²) in [4.78, 5) is 23.6. The Morgan fingerprint density at radius 3 is 2.63 bits per heavy atom. The first-order valence-electron chi connectivity index (χ1n) is 12.7. The Kier molecular flexibility index (Phi) is 5.76. The summed E-state index contributed by atoms with van der Waals surface area (Å²) in [6, 6.07) is 11.0. The number of pyridine rings is 1. The second-order valence-corrected chi connectivity index (χ2v) is 10.1. The van der Waals surface area contributed by atoms with Crippen LogP contribution in [0.2, 0.25) is 0 Å². The van der Waals surface area contributed by atoms with Crippen LogP contribution in [0.5, 0.6) is 5.75 Å². The van der Waals surface area contributed by atoms with E-state index in [0.29, 0.717) is 24.5 Å². The Balaban J connectivity index is 1.01. The lowest BCUT2D eigenvalue weighted by Crippen LogP contribution is -2.61. The number of nitrogens with zero attached hydrogens (tertiary/aromatic N) is 6. The number of aromatic nitrogens is 4. The summed E-state index contributed by atoms with van der Waals surface area (Å²) in [6.07, 6.45) is 9.97. The van der Waals surface area contributed by atoms with Gasteiger partial charge in [0, 0.05) is 37.9 Å². The van der Waals surface area contributed by atoms with Crippen molar-refractivity contribution in [3.63, 3.8) is 0 Å². The molecule has 8 heteroatoms. The van der Waals surface area contributed by atoms with Gasteiger partial charge in [0.25, 0.3) is 0 Å². The number of ether oxygens (including phenoxy) is 1. The topological polar surface area (TPSA) is 76.4 Å². The Morgan fingerprint density at radius 1 is 1.11 bits per heavy atom. The molecule has 0 saturated carbocycles. The summed E-state index contributed by atoms with van der Waals surface area (Å²) in [6.45, 7) is 6.55. The van der Waals surface area contributed by atoms with Crippen LogP contribution in [0.4, 0.5) is 0 Å². The summed E-state index contributed by atoms with van der Waals surface area (Å²) in [5.74, 6) is 0.929. The van der Waals surface area contributed by atoms with Crippen molar-refractivity contribution >= 4 is 5.91 Å². The fourth-order valence-corrected chi connectivity index (χ4v) is 6.05. The minimum Gasteiger partial charge on any atom is -0.492 e. The van der Waals surface area contributed by atoms with Crippen LogP contribution >= 0.6 is 0 Å². The highest BCUT2D eigenvalue weighted by Gasteiger charge is 2.48. The number of likely N-dealkylation sites (tertiary alicyclic amines) is 2. The SMILES string of the molecule is CCOc1ccc(CC(=O)N2CCC3(CC2)CN(C2CCc4cc(-n5nccn5)ccc42)C3)nc1. The van der Waals surface area contributed by atoms with E-state index in [4.69, 9.17) is 4.74 Å². The molecule has 1 aliphatic carbocycles. The van der Waals surface area contributed by atoms with E-state index in [1.54, 1.807) is 23.4 Å². The number of hydrogen-bond donors (Lipinski definition) is 0. The first-order valence-corrected chi connectivity index (χ1v) is 12.7. The van der Waals surface area contributed by atoms with Gasteiger partial charge in [-0.05, 0) is 73.4 Å². The van der Waals surface area contributed by atoms with Crippen molar-refractivity contribution in [2.24, 2.45) is 5.41 Å². The van der Waals surface area contributed by atoms with Gasteiger partial charge in [-0.25, -0.2) is 0 Å². The fourth-order valence-electron chi connectivity index (χ4n) is 6.05. The van der Waals surface area contributed by atoms with E-state index in [9.17, 15) is 4.79 Å². The Labute approximate surface area is 205 Å². The van der Waals surface area contributed by atoms with Gasteiger partial charge in [-0.15, -0.1) is 0 Å². The molecule has 1 atom stereocenters. The maximum atomic E-state index is 12.9. The molecule has 3 aromatic rings. The van der Waals surface area contributed by atoms with Crippen molar-refractivity contribution in [3.05, 3.63) is 65.7 Å². The van der Waals surface area contributed by atoms with Crippen LogP contribution in [0.25, 0.3) is 5.69 Å². The van der Waals surface area contributed by atoms with E-state index in [2.05, 4.69) is 38.3 Å². The predicted molar refractivity (Wildman–Crippen MR) is 131 cm³/mol. The van der Waals surface area contributed by atoms with Crippen molar-refractivity contribution in [2.75, 3.05) is 32.8 Å². The minimum atomic E-state index is 0.180. The lowest BCUT2D eigenvalue weighted by atomic mass is 9.71. The molecule has 2 saturated heterocycles.